The minimum Gasteiger partial charge on any atom is -0.354 e. The summed E-state index contributed by atoms with van der Waals surface area (Å²) < 4.78 is 9.36. The molecule has 0 amide bonds. The van der Waals surface area contributed by atoms with Crippen molar-refractivity contribution in [2.45, 2.75) is 10.2 Å². The molecular formula is C5H8INO2. The van der Waals surface area contributed by atoms with Gasteiger partial charge < -0.3 is 9.47 Å². The Balaban J connectivity index is 3.67. The lowest BCUT2D eigenvalue weighted by Crippen LogP contribution is -2.23. The Morgan fingerprint density at radius 2 is 1.89 bits per heavy atom. The van der Waals surface area contributed by atoms with E-state index in [9.17, 15) is 0 Å². The monoisotopic (exact) mass is 241 g/mol. The van der Waals surface area contributed by atoms with Crippen molar-refractivity contribution in [2.75, 3.05) is 14.2 Å². The summed E-state index contributed by atoms with van der Waals surface area (Å²) in [6.45, 7) is 0. The summed E-state index contributed by atoms with van der Waals surface area (Å²) >= 11 is 1.96. The first-order valence-electron chi connectivity index (χ1n) is 2.35. The van der Waals surface area contributed by atoms with Gasteiger partial charge in [-0.1, -0.05) is 22.6 Å². The van der Waals surface area contributed by atoms with Crippen LogP contribution in [0.2, 0.25) is 0 Å². The van der Waals surface area contributed by atoms with E-state index in [0.717, 1.165) is 0 Å². The van der Waals surface area contributed by atoms with Crippen molar-refractivity contribution in [3.63, 3.8) is 0 Å². The van der Waals surface area contributed by atoms with Crippen LogP contribution < -0.4 is 0 Å². The zero-order valence-electron chi connectivity index (χ0n) is 5.30. The summed E-state index contributed by atoms with van der Waals surface area (Å²) in [7, 11) is 3.02. The highest BCUT2D eigenvalue weighted by atomic mass is 127. The lowest BCUT2D eigenvalue weighted by Gasteiger charge is -2.12. The molecule has 0 radical (unpaired) electrons. The first-order chi connectivity index (χ1) is 4.26. The Hall–Kier alpha value is 0.140. The van der Waals surface area contributed by atoms with Gasteiger partial charge in [-0.2, -0.15) is 5.26 Å². The van der Waals surface area contributed by atoms with Crippen LogP contribution in [0.15, 0.2) is 0 Å². The van der Waals surface area contributed by atoms with Gasteiger partial charge in [0, 0.05) is 14.2 Å². The SMILES string of the molecule is COC(OC)C(I)C#N. The second kappa shape index (κ2) is 4.97. The van der Waals surface area contributed by atoms with Gasteiger partial charge in [0.25, 0.3) is 0 Å². The van der Waals surface area contributed by atoms with Crippen molar-refractivity contribution in [1.82, 2.24) is 0 Å². The molecule has 0 aromatic carbocycles. The molecule has 0 aliphatic carbocycles. The summed E-state index contributed by atoms with van der Waals surface area (Å²) in [5, 5.41) is 8.35. The molecule has 0 spiro atoms. The summed E-state index contributed by atoms with van der Waals surface area (Å²) in [5.41, 5.74) is 0. The van der Waals surface area contributed by atoms with Crippen LogP contribution in [0.4, 0.5) is 0 Å². The van der Waals surface area contributed by atoms with Crippen LogP contribution in [0.25, 0.3) is 0 Å². The summed E-state index contributed by atoms with van der Waals surface area (Å²) in [4.78, 5) is 0. The number of ether oxygens (including phenoxy) is 2. The number of rotatable bonds is 3. The van der Waals surface area contributed by atoms with Crippen molar-refractivity contribution in [3.05, 3.63) is 0 Å². The second-order valence-corrected chi connectivity index (χ2v) is 2.71. The molecule has 0 bridgehead atoms. The van der Waals surface area contributed by atoms with E-state index in [-0.39, 0.29) is 3.92 Å². The highest BCUT2D eigenvalue weighted by Gasteiger charge is 2.15. The van der Waals surface area contributed by atoms with Crippen LogP contribution in [0.1, 0.15) is 0 Å². The van der Waals surface area contributed by atoms with E-state index in [4.69, 9.17) is 14.7 Å². The van der Waals surface area contributed by atoms with Crippen LogP contribution in [0, 0.1) is 11.3 Å². The van der Waals surface area contributed by atoms with Crippen molar-refractivity contribution in [1.29, 1.82) is 5.26 Å². The molecule has 9 heavy (non-hydrogen) atoms. The average molecular weight is 241 g/mol. The van der Waals surface area contributed by atoms with Gasteiger partial charge in [0.05, 0.1) is 6.07 Å². The Morgan fingerprint density at radius 1 is 1.44 bits per heavy atom. The number of methoxy groups -OCH3 is 2. The van der Waals surface area contributed by atoms with E-state index >= 15 is 0 Å². The number of alkyl halides is 1. The lowest BCUT2D eigenvalue weighted by atomic mass is 10.5. The smallest absolute Gasteiger partial charge is 0.181 e. The zero-order valence-corrected chi connectivity index (χ0v) is 7.45. The van der Waals surface area contributed by atoms with Crippen LogP contribution >= 0.6 is 22.6 Å². The van der Waals surface area contributed by atoms with E-state index in [1.165, 1.54) is 14.2 Å². The number of halogens is 1. The van der Waals surface area contributed by atoms with Gasteiger partial charge in [-0.3, -0.25) is 0 Å². The minimum absolute atomic E-state index is 0.238. The molecule has 0 aliphatic rings. The molecule has 0 aromatic rings. The predicted molar refractivity (Wildman–Crippen MR) is 41.2 cm³/mol. The van der Waals surface area contributed by atoms with Gasteiger partial charge in [0.1, 0.15) is 3.92 Å². The molecule has 0 fully saturated rings. The highest BCUT2D eigenvalue weighted by molar-refractivity contribution is 14.1. The van der Waals surface area contributed by atoms with Crippen LogP contribution in [-0.4, -0.2) is 24.4 Å². The van der Waals surface area contributed by atoms with Gasteiger partial charge in [0.2, 0.25) is 0 Å². The molecule has 1 unspecified atom stereocenters. The van der Waals surface area contributed by atoms with Crippen molar-refractivity contribution >= 4 is 22.6 Å². The van der Waals surface area contributed by atoms with Crippen molar-refractivity contribution in [3.8, 4) is 6.07 Å². The van der Waals surface area contributed by atoms with Crippen LogP contribution in [-0.2, 0) is 9.47 Å². The third-order valence-electron chi connectivity index (χ3n) is 0.827. The fourth-order valence-corrected chi connectivity index (χ4v) is 0.983. The Bertz CT molecular complexity index is 108. The zero-order chi connectivity index (χ0) is 7.28. The van der Waals surface area contributed by atoms with Crippen LogP contribution in [0.5, 0.6) is 0 Å². The molecule has 0 aliphatic heterocycles. The van der Waals surface area contributed by atoms with Gasteiger partial charge in [-0.15, -0.1) is 0 Å². The first-order valence-corrected chi connectivity index (χ1v) is 3.60. The molecule has 0 rings (SSSR count). The molecule has 1 atom stereocenters. The van der Waals surface area contributed by atoms with Gasteiger partial charge in [-0.25, -0.2) is 0 Å². The van der Waals surface area contributed by atoms with Gasteiger partial charge >= 0.3 is 0 Å². The lowest BCUT2D eigenvalue weighted by molar-refractivity contribution is -0.0914. The van der Waals surface area contributed by atoms with Gasteiger partial charge in [0.15, 0.2) is 6.29 Å². The second-order valence-electron chi connectivity index (χ2n) is 1.37. The molecule has 52 valence electrons. The van der Waals surface area contributed by atoms with Crippen LogP contribution in [0.3, 0.4) is 0 Å². The maximum Gasteiger partial charge on any atom is 0.181 e. The van der Waals surface area contributed by atoms with E-state index in [1.54, 1.807) is 0 Å². The predicted octanol–water partition coefficient (Wildman–Crippen LogP) is 0.932. The maximum absolute atomic E-state index is 8.35. The Kier molecular flexibility index (Phi) is 5.04. The molecule has 0 N–H and O–H groups in total. The summed E-state index contributed by atoms with van der Waals surface area (Å²) in [5.74, 6) is 0. The Labute approximate surface area is 68.1 Å². The topological polar surface area (TPSA) is 42.2 Å². The number of hydrogen-bond donors (Lipinski definition) is 0. The first kappa shape index (κ1) is 9.14. The standard InChI is InChI=1S/C5H8INO2/c1-8-5(9-2)4(6)3-7/h4-5H,1-2H3. The highest BCUT2D eigenvalue weighted by Crippen LogP contribution is 2.08. The normalized spacial score (nSPS) is 13.2. The fourth-order valence-electron chi connectivity index (χ4n) is 0.396. The minimum atomic E-state index is -0.407. The number of hydrogen-bond acceptors (Lipinski definition) is 3. The third-order valence-corrected chi connectivity index (χ3v) is 1.69. The molecule has 4 heteroatoms. The van der Waals surface area contributed by atoms with E-state index in [1.807, 2.05) is 28.7 Å². The molecule has 0 heterocycles. The fraction of sp³-hybridized carbons (Fsp3) is 0.800. The molecule has 0 saturated heterocycles. The average Bonchev–Trinajstić information content (AvgIpc) is 1.90. The third kappa shape index (κ3) is 2.98. The summed E-state index contributed by atoms with van der Waals surface area (Å²) in [6.07, 6.45) is -0.407. The summed E-state index contributed by atoms with van der Waals surface area (Å²) in [6, 6.07) is 2.00. The Morgan fingerprint density at radius 3 is 2.00 bits per heavy atom. The quantitative estimate of drug-likeness (QED) is 0.419. The van der Waals surface area contributed by atoms with E-state index in [0.29, 0.717) is 0 Å². The number of nitrogens with zero attached hydrogens (tertiary/aromatic N) is 1. The molecule has 0 saturated carbocycles. The van der Waals surface area contributed by atoms with Crippen molar-refractivity contribution < 1.29 is 9.47 Å². The van der Waals surface area contributed by atoms with E-state index in [2.05, 4.69) is 0 Å². The van der Waals surface area contributed by atoms with E-state index < -0.39 is 6.29 Å². The number of nitriles is 1. The molecule has 3 nitrogen and oxygen atoms in total. The molecule has 0 aromatic heterocycles. The van der Waals surface area contributed by atoms with Gasteiger partial charge in [-0.05, 0) is 0 Å². The molecular weight excluding hydrogens is 233 g/mol. The maximum atomic E-state index is 8.35. The van der Waals surface area contributed by atoms with Crippen molar-refractivity contribution in [2.24, 2.45) is 0 Å². The largest absolute Gasteiger partial charge is 0.354 e.